The lowest BCUT2D eigenvalue weighted by atomic mass is 10.1. The molecule has 1 amide bonds. The Hall–Kier alpha value is -2.36. The molecule has 0 aliphatic carbocycles. The van der Waals surface area contributed by atoms with Crippen LogP contribution in [0.25, 0.3) is 0 Å². The average Bonchev–Trinajstić information content (AvgIpc) is 2.44. The number of carbonyl (C=O) groups excluding carboxylic acids is 1. The third kappa shape index (κ3) is 3.15. The first-order valence-corrected chi connectivity index (χ1v) is 6.56. The monoisotopic (exact) mass is 272 g/mol. The highest BCUT2D eigenvalue weighted by Gasteiger charge is 2.13. The number of hydrogen-bond donors (Lipinski definition) is 2. The molecule has 3 N–H and O–H groups in total. The van der Waals surface area contributed by atoms with Crippen molar-refractivity contribution in [3.8, 4) is 0 Å². The smallest absolute Gasteiger partial charge is 0.258 e. The van der Waals surface area contributed by atoms with Gasteiger partial charge in [0.05, 0.1) is 5.56 Å². The molecule has 0 aliphatic rings. The number of nitrogens with one attached hydrogen (secondary N) is 1. The Labute approximate surface area is 117 Å². The van der Waals surface area contributed by atoms with Crippen LogP contribution in [0.2, 0.25) is 0 Å². The third-order valence-electron chi connectivity index (χ3n) is 3.02. The second-order valence-corrected chi connectivity index (χ2v) is 4.60. The number of amides is 1. The largest absolute Gasteiger partial charge is 0.399 e. The Morgan fingerprint density at radius 2 is 2.00 bits per heavy atom. The second kappa shape index (κ2) is 6.19. The third-order valence-corrected chi connectivity index (χ3v) is 3.02. The van der Waals surface area contributed by atoms with E-state index in [1.165, 1.54) is 18.2 Å². The zero-order chi connectivity index (χ0) is 14.5. The standard InChI is InChI=1S/C16H17FN2O/c1-2-5-11-6-3-4-7-15(11)19-16(20)13-10-12(18)8-9-14(13)17/h3-4,6-10H,2,5,18H2,1H3,(H,19,20). The van der Waals surface area contributed by atoms with Gasteiger partial charge in [-0.25, -0.2) is 4.39 Å². The average molecular weight is 272 g/mol. The van der Waals surface area contributed by atoms with Gasteiger partial charge >= 0.3 is 0 Å². The van der Waals surface area contributed by atoms with E-state index < -0.39 is 11.7 Å². The molecule has 0 heterocycles. The van der Waals surface area contributed by atoms with Crippen LogP contribution in [-0.4, -0.2) is 5.91 Å². The minimum Gasteiger partial charge on any atom is -0.399 e. The van der Waals surface area contributed by atoms with Crippen LogP contribution in [-0.2, 0) is 6.42 Å². The maximum absolute atomic E-state index is 13.7. The number of halogens is 1. The molecule has 2 rings (SSSR count). The van der Waals surface area contributed by atoms with E-state index in [4.69, 9.17) is 5.73 Å². The number of rotatable bonds is 4. The lowest BCUT2D eigenvalue weighted by molar-refractivity contribution is 0.102. The second-order valence-electron chi connectivity index (χ2n) is 4.60. The van der Waals surface area contributed by atoms with Gasteiger partial charge in [0.2, 0.25) is 0 Å². The summed E-state index contributed by atoms with van der Waals surface area (Å²) >= 11 is 0. The molecular weight excluding hydrogens is 255 g/mol. The predicted octanol–water partition coefficient (Wildman–Crippen LogP) is 3.61. The number of nitrogen functional groups attached to an aromatic ring is 1. The maximum Gasteiger partial charge on any atom is 0.258 e. The summed E-state index contributed by atoms with van der Waals surface area (Å²) in [5, 5.41) is 2.75. The van der Waals surface area contributed by atoms with Crippen molar-refractivity contribution in [2.75, 3.05) is 11.1 Å². The Morgan fingerprint density at radius 1 is 1.25 bits per heavy atom. The summed E-state index contributed by atoms with van der Waals surface area (Å²) in [7, 11) is 0. The van der Waals surface area contributed by atoms with Gasteiger partial charge in [0, 0.05) is 11.4 Å². The van der Waals surface area contributed by atoms with E-state index in [1.54, 1.807) is 0 Å². The summed E-state index contributed by atoms with van der Waals surface area (Å²) in [5.74, 6) is -1.07. The summed E-state index contributed by atoms with van der Waals surface area (Å²) in [6.07, 6.45) is 1.83. The van der Waals surface area contributed by atoms with Gasteiger partial charge in [-0.3, -0.25) is 4.79 Å². The fourth-order valence-corrected chi connectivity index (χ4v) is 2.04. The van der Waals surface area contributed by atoms with Gasteiger partial charge in [-0.05, 0) is 36.2 Å². The summed E-state index contributed by atoms with van der Waals surface area (Å²) < 4.78 is 13.7. The highest BCUT2D eigenvalue weighted by molar-refractivity contribution is 6.05. The Bertz CT molecular complexity index is 626. The van der Waals surface area contributed by atoms with Crippen molar-refractivity contribution in [1.82, 2.24) is 0 Å². The zero-order valence-corrected chi connectivity index (χ0v) is 11.3. The van der Waals surface area contributed by atoms with E-state index in [-0.39, 0.29) is 5.56 Å². The van der Waals surface area contributed by atoms with E-state index in [9.17, 15) is 9.18 Å². The molecule has 0 aromatic heterocycles. The van der Waals surface area contributed by atoms with Crippen LogP contribution in [0.5, 0.6) is 0 Å². The van der Waals surface area contributed by atoms with Gasteiger partial charge in [0.15, 0.2) is 0 Å². The fraction of sp³-hybridized carbons (Fsp3) is 0.188. The van der Waals surface area contributed by atoms with Crippen LogP contribution in [0.3, 0.4) is 0 Å². The SMILES string of the molecule is CCCc1ccccc1NC(=O)c1cc(N)ccc1F. The molecule has 0 saturated heterocycles. The van der Waals surface area contributed by atoms with E-state index in [1.807, 2.05) is 24.3 Å². The van der Waals surface area contributed by atoms with E-state index in [0.717, 1.165) is 18.4 Å². The number of hydrogen-bond acceptors (Lipinski definition) is 2. The molecule has 2 aromatic rings. The molecule has 4 heteroatoms. The number of aryl methyl sites for hydroxylation is 1. The number of anilines is 2. The number of benzene rings is 2. The minimum absolute atomic E-state index is 0.0451. The van der Waals surface area contributed by atoms with Gasteiger partial charge in [-0.2, -0.15) is 0 Å². The molecule has 0 atom stereocenters. The summed E-state index contributed by atoms with van der Waals surface area (Å²) in [5.41, 5.74) is 7.65. The van der Waals surface area contributed by atoms with Crippen molar-refractivity contribution in [2.45, 2.75) is 19.8 Å². The number of nitrogens with two attached hydrogens (primary N) is 1. The molecule has 3 nitrogen and oxygen atoms in total. The van der Waals surface area contributed by atoms with Crippen molar-refractivity contribution < 1.29 is 9.18 Å². The van der Waals surface area contributed by atoms with Crippen molar-refractivity contribution in [3.63, 3.8) is 0 Å². The number of para-hydroxylation sites is 1. The topological polar surface area (TPSA) is 55.1 Å². The molecule has 0 saturated carbocycles. The Balaban J connectivity index is 2.26. The van der Waals surface area contributed by atoms with Crippen molar-refractivity contribution >= 4 is 17.3 Å². The Kier molecular flexibility index (Phi) is 4.35. The summed E-state index contributed by atoms with van der Waals surface area (Å²) in [6.45, 7) is 2.07. The normalized spacial score (nSPS) is 10.3. The molecular formula is C16H17FN2O. The van der Waals surface area contributed by atoms with Crippen molar-refractivity contribution in [1.29, 1.82) is 0 Å². The summed E-state index contributed by atoms with van der Waals surface area (Å²) in [4.78, 5) is 12.1. The predicted molar refractivity (Wildman–Crippen MR) is 79.2 cm³/mol. The van der Waals surface area contributed by atoms with Gasteiger partial charge in [-0.15, -0.1) is 0 Å². The van der Waals surface area contributed by atoms with Crippen LogP contribution in [0.15, 0.2) is 42.5 Å². The van der Waals surface area contributed by atoms with Crippen LogP contribution in [0.4, 0.5) is 15.8 Å². The fourth-order valence-electron chi connectivity index (χ4n) is 2.04. The van der Waals surface area contributed by atoms with Crippen LogP contribution in [0, 0.1) is 5.82 Å². The maximum atomic E-state index is 13.7. The van der Waals surface area contributed by atoms with E-state index >= 15 is 0 Å². The molecule has 2 aromatic carbocycles. The Morgan fingerprint density at radius 3 is 2.75 bits per heavy atom. The van der Waals surface area contributed by atoms with Crippen LogP contribution < -0.4 is 11.1 Å². The summed E-state index contributed by atoms with van der Waals surface area (Å²) in [6, 6.07) is 11.5. The highest BCUT2D eigenvalue weighted by Crippen LogP contribution is 2.19. The molecule has 0 unspecified atom stereocenters. The van der Waals surface area contributed by atoms with Gasteiger partial charge in [0.1, 0.15) is 5.82 Å². The first kappa shape index (κ1) is 14.1. The van der Waals surface area contributed by atoms with Crippen LogP contribution in [0.1, 0.15) is 29.3 Å². The highest BCUT2D eigenvalue weighted by atomic mass is 19.1. The molecule has 0 aliphatic heterocycles. The molecule has 104 valence electrons. The first-order valence-electron chi connectivity index (χ1n) is 6.56. The van der Waals surface area contributed by atoms with Crippen LogP contribution >= 0.6 is 0 Å². The van der Waals surface area contributed by atoms with Gasteiger partial charge in [0.25, 0.3) is 5.91 Å². The first-order chi connectivity index (χ1) is 9.61. The number of carbonyl (C=O) groups is 1. The molecule has 0 spiro atoms. The van der Waals surface area contributed by atoms with E-state index in [0.29, 0.717) is 11.4 Å². The zero-order valence-electron chi connectivity index (χ0n) is 11.3. The minimum atomic E-state index is -0.579. The van der Waals surface area contributed by atoms with Gasteiger partial charge < -0.3 is 11.1 Å². The quantitative estimate of drug-likeness (QED) is 0.835. The van der Waals surface area contributed by atoms with Crippen molar-refractivity contribution in [2.24, 2.45) is 0 Å². The molecule has 0 bridgehead atoms. The molecule has 0 fully saturated rings. The lowest BCUT2D eigenvalue weighted by Crippen LogP contribution is -2.15. The lowest BCUT2D eigenvalue weighted by Gasteiger charge is -2.11. The molecule has 20 heavy (non-hydrogen) atoms. The van der Waals surface area contributed by atoms with E-state index in [2.05, 4.69) is 12.2 Å². The molecule has 0 radical (unpaired) electrons. The van der Waals surface area contributed by atoms with Gasteiger partial charge in [-0.1, -0.05) is 31.5 Å². The van der Waals surface area contributed by atoms with Crippen molar-refractivity contribution in [3.05, 3.63) is 59.4 Å².